The Morgan fingerprint density at radius 2 is 1.73 bits per heavy atom. The summed E-state index contributed by atoms with van der Waals surface area (Å²) in [7, 11) is -2.41. The summed E-state index contributed by atoms with van der Waals surface area (Å²) < 4.78 is 33.6. The largest absolute Gasteiger partial charge is 0.380 e. The third-order valence-electron chi connectivity index (χ3n) is 4.15. The highest BCUT2D eigenvalue weighted by Gasteiger charge is 2.35. The fourth-order valence-electron chi connectivity index (χ4n) is 2.89. The Balaban J connectivity index is 2.18. The van der Waals surface area contributed by atoms with E-state index in [0.717, 1.165) is 15.6 Å². The molecule has 2 N–H and O–H groups in total. The van der Waals surface area contributed by atoms with Gasteiger partial charge in [0.25, 0.3) is 10.0 Å². The number of hydrogen-bond acceptors (Lipinski definition) is 5. The second-order valence-electron chi connectivity index (χ2n) is 5.81. The van der Waals surface area contributed by atoms with Crippen LogP contribution in [0.25, 0.3) is 0 Å². The molecule has 3 rings (SSSR count). The Labute approximate surface area is 160 Å². The topological polar surface area (TPSA) is 89.4 Å². The van der Waals surface area contributed by atoms with Crippen molar-refractivity contribution >= 4 is 31.8 Å². The second kappa shape index (κ2) is 7.22. The highest BCUT2D eigenvalue weighted by molar-refractivity contribution is 9.10. The maximum Gasteiger partial charge on any atom is 0.250 e. The van der Waals surface area contributed by atoms with E-state index in [4.69, 9.17) is 10.3 Å². The zero-order valence-corrected chi connectivity index (χ0v) is 16.7. The molecular weight excluding hydrogens is 418 g/mol. The van der Waals surface area contributed by atoms with E-state index in [1.165, 1.54) is 18.3 Å². The van der Waals surface area contributed by atoms with Crippen molar-refractivity contribution in [2.45, 2.75) is 17.9 Å². The molecule has 136 valence electrons. The Bertz CT molecular complexity index is 1000. The molecule has 0 saturated carbocycles. The number of sulfonamides is 1. The van der Waals surface area contributed by atoms with Gasteiger partial charge in [-0.25, -0.2) is 8.42 Å². The maximum atomic E-state index is 13.3. The number of nitrogen functional groups attached to an aromatic ring is 1. The fraction of sp³-hybridized carbons (Fsp3) is 0.167. The molecule has 0 amide bonds. The number of hydrogen-bond donors (Lipinski definition) is 1. The molecule has 6 nitrogen and oxygen atoms in total. The van der Waals surface area contributed by atoms with Gasteiger partial charge in [-0.15, -0.1) is 0 Å². The lowest BCUT2D eigenvalue weighted by Crippen LogP contribution is -2.33. The summed E-state index contributed by atoms with van der Waals surface area (Å²) in [6.45, 7) is 1.53. The predicted octanol–water partition coefficient (Wildman–Crippen LogP) is 3.74. The van der Waals surface area contributed by atoms with Crippen LogP contribution in [0.15, 0.2) is 68.5 Å². The van der Waals surface area contributed by atoms with E-state index in [9.17, 15) is 8.42 Å². The van der Waals surface area contributed by atoms with Crippen molar-refractivity contribution in [3.63, 3.8) is 0 Å². The van der Waals surface area contributed by atoms with Gasteiger partial charge in [0, 0.05) is 11.5 Å². The van der Waals surface area contributed by atoms with E-state index in [0.29, 0.717) is 0 Å². The van der Waals surface area contributed by atoms with Crippen LogP contribution in [0.3, 0.4) is 0 Å². The van der Waals surface area contributed by atoms with E-state index in [1.807, 2.05) is 54.6 Å². The van der Waals surface area contributed by atoms with Crippen molar-refractivity contribution in [1.29, 1.82) is 0 Å². The van der Waals surface area contributed by atoms with Crippen LogP contribution in [0.5, 0.6) is 0 Å². The van der Waals surface area contributed by atoms with Crippen LogP contribution in [-0.4, -0.2) is 24.9 Å². The number of halogens is 1. The molecule has 1 heterocycles. The molecule has 0 aliphatic rings. The van der Waals surface area contributed by atoms with Crippen molar-refractivity contribution in [2.24, 2.45) is 0 Å². The van der Waals surface area contributed by atoms with Gasteiger partial charge in [0.1, 0.15) is 0 Å². The van der Waals surface area contributed by atoms with Crippen LogP contribution >= 0.6 is 15.9 Å². The van der Waals surface area contributed by atoms with Gasteiger partial charge in [0.2, 0.25) is 0 Å². The average molecular weight is 436 g/mol. The molecule has 2 aromatic carbocycles. The lowest BCUT2D eigenvalue weighted by molar-refractivity contribution is 0.392. The number of aryl methyl sites for hydroxylation is 1. The van der Waals surface area contributed by atoms with Crippen molar-refractivity contribution in [3.8, 4) is 0 Å². The number of aromatic nitrogens is 1. The smallest absolute Gasteiger partial charge is 0.250 e. The monoisotopic (exact) mass is 435 g/mol. The molecule has 1 aromatic heterocycles. The van der Waals surface area contributed by atoms with Gasteiger partial charge in [-0.1, -0.05) is 69.6 Å². The van der Waals surface area contributed by atoms with Gasteiger partial charge >= 0.3 is 0 Å². The summed E-state index contributed by atoms with van der Waals surface area (Å²) in [5.74, 6) is 0.0154. The van der Waals surface area contributed by atoms with Gasteiger partial charge in [0.05, 0.1) is 6.04 Å². The molecule has 8 heteroatoms. The molecule has 0 spiro atoms. The Kier molecular flexibility index (Phi) is 5.17. The first-order valence-electron chi connectivity index (χ1n) is 7.83. The van der Waals surface area contributed by atoms with Crippen molar-refractivity contribution in [1.82, 2.24) is 9.46 Å². The molecule has 0 radical (unpaired) electrons. The molecule has 3 aromatic rings. The first-order chi connectivity index (χ1) is 12.3. The minimum atomic E-state index is -3.94. The molecule has 0 aliphatic carbocycles. The Hall–Kier alpha value is -2.16. The average Bonchev–Trinajstić information content (AvgIpc) is 2.97. The Morgan fingerprint density at radius 1 is 1.12 bits per heavy atom. The molecule has 0 aliphatic heterocycles. The molecule has 1 atom stereocenters. The number of rotatable bonds is 5. The highest BCUT2D eigenvalue weighted by atomic mass is 79.9. The van der Waals surface area contributed by atoms with Gasteiger partial charge in [-0.2, -0.15) is 4.31 Å². The van der Waals surface area contributed by atoms with E-state index in [2.05, 4.69) is 21.1 Å². The summed E-state index contributed by atoms with van der Waals surface area (Å²) >= 11 is 3.53. The molecule has 0 bridgehead atoms. The third-order valence-corrected chi connectivity index (χ3v) is 6.85. The summed E-state index contributed by atoms with van der Waals surface area (Å²) in [6.07, 6.45) is 0. The lowest BCUT2D eigenvalue weighted by Gasteiger charge is -2.29. The molecule has 26 heavy (non-hydrogen) atoms. The molecule has 1 unspecified atom stereocenters. The fourth-order valence-corrected chi connectivity index (χ4v) is 4.90. The van der Waals surface area contributed by atoms with Crippen LogP contribution in [0.1, 0.15) is 22.9 Å². The van der Waals surface area contributed by atoms with Gasteiger partial charge < -0.3 is 10.3 Å². The van der Waals surface area contributed by atoms with Crippen molar-refractivity contribution in [3.05, 3.63) is 76.0 Å². The van der Waals surface area contributed by atoms with Gasteiger partial charge in [0.15, 0.2) is 16.5 Å². The second-order valence-corrected chi connectivity index (χ2v) is 8.60. The van der Waals surface area contributed by atoms with Crippen LogP contribution in [0, 0.1) is 6.92 Å². The quantitative estimate of drug-likeness (QED) is 0.658. The highest BCUT2D eigenvalue weighted by Crippen LogP contribution is 2.37. The zero-order valence-electron chi connectivity index (χ0n) is 14.3. The predicted molar refractivity (Wildman–Crippen MR) is 103 cm³/mol. The van der Waals surface area contributed by atoms with E-state index in [1.54, 1.807) is 0 Å². The minimum absolute atomic E-state index is 0.104. The standard InChI is InChI=1S/C18H18BrN3O3S/c1-12-17(18(20)21-25-12)26(23,24)22(2)16(13-8-4-3-5-9-13)14-10-6-7-11-15(14)19/h3-11,16H,1-2H3,(H2,20,21). The number of anilines is 1. The molecule has 0 saturated heterocycles. The minimum Gasteiger partial charge on any atom is -0.380 e. The maximum absolute atomic E-state index is 13.3. The lowest BCUT2D eigenvalue weighted by atomic mass is 9.99. The molecular formula is C18H18BrN3O3S. The van der Waals surface area contributed by atoms with Crippen molar-refractivity contribution in [2.75, 3.05) is 12.8 Å². The van der Waals surface area contributed by atoms with E-state index < -0.39 is 16.1 Å². The van der Waals surface area contributed by atoms with Crippen LogP contribution in [0.4, 0.5) is 5.82 Å². The van der Waals surface area contributed by atoms with Gasteiger partial charge in [-0.3, -0.25) is 0 Å². The normalized spacial score (nSPS) is 13.1. The Morgan fingerprint density at radius 3 is 2.31 bits per heavy atom. The third kappa shape index (κ3) is 3.27. The van der Waals surface area contributed by atoms with Gasteiger partial charge in [-0.05, 0) is 24.1 Å². The summed E-state index contributed by atoms with van der Waals surface area (Å²) in [4.78, 5) is -0.104. The first-order valence-corrected chi connectivity index (χ1v) is 10.1. The van der Waals surface area contributed by atoms with Crippen LogP contribution < -0.4 is 5.73 Å². The van der Waals surface area contributed by atoms with Crippen LogP contribution in [-0.2, 0) is 10.0 Å². The number of nitrogens with two attached hydrogens (primary N) is 1. The first kappa shape index (κ1) is 18.6. The number of nitrogens with zero attached hydrogens (tertiary/aromatic N) is 2. The number of benzene rings is 2. The van der Waals surface area contributed by atoms with Crippen LogP contribution in [0.2, 0.25) is 0 Å². The summed E-state index contributed by atoms with van der Waals surface area (Å²) in [6, 6.07) is 16.4. The summed E-state index contributed by atoms with van der Waals surface area (Å²) in [5, 5.41) is 3.57. The van der Waals surface area contributed by atoms with E-state index in [-0.39, 0.29) is 16.5 Å². The zero-order chi connectivity index (χ0) is 18.9. The van der Waals surface area contributed by atoms with E-state index >= 15 is 0 Å². The van der Waals surface area contributed by atoms with Crippen molar-refractivity contribution < 1.29 is 12.9 Å². The SMILES string of the molecule is Cc1onc(N)c1S(=O)(=O)N(C)C(c1ccccc1)c1ccccc1Br. The molecule has 0 fully saturated rings. The summed E-state index contributed by atoms with van der Waals surface area (Å²) in [5.41, 5.74) is 7.40.